The molecule has 1 aromatic carbocycles. The van der Waals surface area contributed by atoms with Crippen LogP contribution in [0.3, 0.4) is 0 Å². The van der Waals surface area contributed by atoms with E-state index in [0.717, 1.165) is 5.56 Å². The second-order valence-electron chi connectivity index (χ2n) is 3.15. The molecule has 0 saturated carbocycles. The summed E-state index contributed by atoms with van der Waals surface area (Å²) in [6.45, 7) is 2.32. The lowest BCUT2D eigenvalue weighted by Crippen LogP contribution is -2.01. The van der Waals surface area contributed by atoms with Crippen molar-refractivity contribution in [3.63, 3.8) is 0 Å². The van der Waals surface area contributed by atoms with Gasteiger partial charge in [-0.1, -0.05) is 11.6 Å². The predicted octanol–water partition coefficient (Wildman–Crippen LogP) is 3.24. The van der Waals surface area contributed by atoms with Crippen LogP contribution in [0, 0.1) is 0 Å². The van der Waals surface area contributed by atoms with E-state index in [1.54, 1.807) is 12.1 Å². The maximum atomic E-state index is 5.81. The molecule has 0 aliphatic carbocycles. The molecule has 0 aliphatic heterocycles. The van der Waals surface area contributed by atoms with E-state index in [4.69, 9.17) is 27.9 Å². The van der Waals surface area contributed by atoms with Crippen molar-refractivity contribution in [2.24, 2.45) is 0 Å². The van der Waals surface area contributed by atoms with Gasteiger partial charge in [-0.3, -0.25) is 0 Å². The Kier molecular flexibility index (Phi) is 3.76. The second kappa shape index (κ2) is 5.29. The van der Waals surface area contributed by atoms with Crippen molar-refractivity contribution in [2.75, 3.05) is 6.61 Å². The van der Waals surface area contributed by atoms with Crippen LogP contribution in [-0.2, 0) is 0 Å². The van der Waals surface area contributed by atoms with E-state index in [1.165, 1.54) is 0 Å². The zero-order valence-corrected chi connectivity index (χ0v) is 10.5. The SMILES string of the molecule is CCOc1nc(Cl)nc(-c2ccc(Cl)cc2)n1. The number of hydrogen-bond donors (Lipinski definition) is 0. The van der Waals surface area contributed by atoms with Crippen molar-refractivity contribution in [1.82, 2.24) is 15.0 Å². The van der Waals surface area contributed by atoms with Gasteiger partial charge < -0.3 is 4.74 Å². The van der Waals surface area contributed by atoms with Crippen LogP contribution in [0.2, 0.25) is 10.3 Å². The quantitative estimate of drug-likeness (QED) is 0.858. The minimum atomic E-state index is 0.105. The molecular formula is C11H9Cl2N3O. The second-order valence-corrected chi connectivity index (χ2v) is 3.93. The Morgan fingerprint density at radius 1 is 1.06 bits per heavy atom. The van der Waals surface area contributed by atoms with E-state index in [-0.39, 0.29) is 11.3 Å². The Labute approximate surface area is 109 Å². The first kappa shape index (κ1) is 12.1. The van der Waals surface area contributed by atoms with Gasteiger partial charge in [-0.15, -0.1) is 0 Å². The Bertz CT molecular complexity index is 517. The lowest BCUT2D eigenvalue weighted by molar-refractivity contribution is 0.312. The van der Waals surface area contributed by atoms with Crippen LogP contribution < -0.4 is 4.74 Å². The number of ether oxygens (including phenoxy) is 1. The summed E-state index contributed by atoms with van der Waals surface area (Å²) in [7, 11) is 0. The molecule has 0 atom stereocenters. The van der Waals surface area contributed by atoms with Gasteiger partial charge in [-0.05, 0) is 42.8 Å². The van der Waals surface area contributed by atoms with Gasteiger partial charge in [0, 0.05) is 10.6 Å². The summed E-state index contributed by atoms with van der Waals surface area (Å²) in [6, 6.07) is 7.36. The van der Waals surface area contributed by atoms with Gasteiger partial charge in [-0.2, -0.15) is 15.0 Å². The molecule has 2 rings (SSSR count). The van der Waals surface area contributed by atoms with E-state index < -0.39 is 0 Å². The third kappa shape index (κ3) is 3.05. The lowest BCUT2D eigenvalue weighted by atomic mass is 10.2. The molecule has 0 aliphatic rings. The number of rotatable bonds is 3. The fourth-order valence-corrected chi connectivity index (χ4v) is 1.53. The van der Waals surface area contributed by atoms with Crippen molar-refractivity contribution in [3.8, 4) is 17.4 Å². The van der Waals surface area contributed by atoms with E-state index in [9.17, 15) is 0 Å². The molecule has 4 nitrogen and oxygen atoms in total. The Morgan fingerprint density at radius 3 is 2.41 bits per heavy atom. The summed E-state index contributed by atoms with van der Waals surface area (Å²) in [4.78, 5) is 12.0. The smallest absolute Gasteiger partial charge is 0.321 e. The molecule has 17 heavy (non-hydrogen) atoms. The highest BCUT2D eigenvalue weighted by Gasteiger charge is 2.07. The predicted molar refractivity (Wildman–Crippen MR) is 66.5 cm³/mol. The summed E-state index contributed by atoms with van der Waals surface area (Å²) in [5.74, 6) is 0.463. The van der Waals surface area contributed by atoms with Gasteiger partial charge in [0.1, 0.15) is 0 Å². The lowest BCUT2D eigenvalue weighted by Gasteiger charge is -2.04. The first-order chi connectivity index (χ1) is 8.19. The van der Waals surface area contributed by atoms with Crippen LogP contribution >= 0.6 is 23.2 Å². The van der Waals surface area contributed by atoms with E-state index in [1.807, 2.05) is 19.1 Å². The van der Waals surface area contributed by atoms with Crippen LogP contribution in [-0.4, -0.2) is 21.6 Å². The molecule has 1 heterocycles. The summed E-state index contributed by atoms with van der Waals surface area (Å²) < 4.78 is 5.20. The molecule has 0 radical (unpaired) electrons. The van der Waals surface area contributed by atoms with E-state index in [2.05, 4.69) is 15.0 Å². The van der Waals surface area contributed by atoms with Gasteiger partial charge in [-0.25, -0.2) is 0 Å². The molecule has 0 amide bonds. The maximum Gasteiger partial charge on any atom is 0.321 e. The topological polar surface area (TPSA) is 47.9 Å². The highest BCUT2D eigenvalue weighted by atomic mass is 35.5. The molecule has 0 unspecified atom stereocenters. The maximum absolute atomic E-state index is 5.81. The van der Waals surface area contributed by atoms with Crippen molar-refractivity contribution in [2.45, 2.75) is 6.92 Å². The molecule has 88 valence electrons. The molecular weight excluding hydrogens is 261 g/mol. The fraction of sp³-hybridized carbons (Fsp3) is 0.182. The van der Waals surface area contributed by atoms with Gasteiger partial charge in [0.25, 0.3) is 0 Å². The van der Waals surface area contributed by atoms with Crippen molar-refractivity contribution >= 4 is 23.2 Å². The third-order valence-corrected chi connectivity index (χ3v) is 2.38. The average Bonchev–Trinajstić information content (AvgIpc) is 2.29. The highest BCUT2D eigenvalue weighted by molar-refractivity contribution is 6.30. The van der Waals surface area contributed by atoms with E-state index in [0.29, 0.717) is 17.5 Å². The Balaban J connectivity index is 2.40. The average molecular weight is 270 g/mol. The molecule has 0 spiro atoms. The van der Waals surface area contributed by atoms with Crippen molar-refractivity contribution in [1.29, 1.82) is 0 Å². The van der Waals surface area contributed by atoms with Gasteiger partial charge in [0.05, 0.1) is 6.61 Å². The van der Waals surface area contributed by atoms with Gasteiger partial charge in [0.15, 0.2) is 5.82 Å². The normalized spacial score (nSPS) is 10.3. The minimum absolute atomic E-state index is 0.105. The zero-order chi connectivity index (χ0) is 12.3. The van der Waals surface area contributed by atoms with E-state index >= 15 is 0 Å². The summed E-state index contributed by atoms with van der Waals surface area (Å²) in [5, 5.41) is 0.757. The van der Waals surface area contributed by atoms with Crippen LogP contribution in [0.4, 0.5) is 0 Å². The number of benzene rings is 1. The van der Waals surface area contributed by atoms with Crippen LogP contribution in [0.1, 0.15) is 6.92 Å². The monoisotopic (exact) mass is 269 g/mol. The first-order valence-electron chi connectivity index (χ1n) is 4.99. The van der Waals surface area contributed by atoms with Crippen molar-refractivity contribution < 1.29 is 4.74 Å². The number of hydrogen-bond acceptors (Lipinski definition) is 4. The highest BCUT2D eigenvalue weighted by Crippen LogP contribution is 2.20. The molecule has 6 heteroatoms. The minimum Gasteiger partial charge on any atom is -0.464 e. The van der Waals surface area contributed by atoms with Crippen LogP contribution in [0.25, 0.3) is 11.4 Å². The third-order valence-electron chi connectivity index (χ3n) is 1.96. The first-order valence-corrected chi connectivity index (χ1v) is 5.75. The largest absolute Gasteiger partial charge is 0.464 e. The number of nitrogens with zero attached hydrogens (tertiary/aromatic N) is 3. The molecule has 0 bridgehead atoms. The van der Waals surface area contributed by atoms with Gasteiger partial charge in [0.2, 0.25) is 5.28 Å². The van der Waals surface area contributed by atoms with Gasteiger partial charge >= 0.3 is 6.01 Å². The molecule has 0 fully saturated rings. The molecule has 0 N–H and O–H groups in total. The summed E-state index contributed by atoms with van der Waals surface area (Å²) >= 11 is 11.6. The molecule has 2 aromatic rings. The zero-order valence-electron chi connectivity index (χ0n) is 9.02. The fourth-order valence-electron chi connectivity index (χ4n) is 1.25. The number of halogens is 2. The Morgan fingerprint density at radius 2 is 1.76 bits per heavy atom. The summed E-state index contributed by atoms with van der Waals surface area (Å²) in [5.41, 5.74) is 0.805. The molecule has 0 saturated heterocycles. The van der Waals surface area contributed by atoms with Crippen LogP contribution in [0.15, 0.2) is 24.3 Å². The van der Waals surface area contributed by atoms with Crippen molar-refractivity contribution in [3.05, 3.63) is 34.6 Å². The summed E-state index contributed by atoms with van der Waals surface area (Å²) in [6.07, 6.45) is 0. The Hall–Kier alpha value is -1.39. The van der Waals surface area contributed by atoms with Crippen LogP contribution in [0.5, 0.6) is 6.01 Å². The standard InChI is InChI=1S/C11H9Cl2N3O/c1-2-17-11-15-9(14-10(13)16-11)7-3-5-8(12)6-4-7/h3-6H,2H2,1H3. The molecule has 1 aromatic heterocycles. The number of aromatic nitrogens is 3.